The normalized spacial score (nSPS) is 10.2. The molecule has 3 aromatic rings. The van der Waals surface area contributed by atoms with Gasteiger partial charge in [0.25, 0.3) is 0 Å². The molecule has 2 aromatic carbocycles. The summed E-state index contributed by atoms with van der Waals surface area (Å²) < 4.78 is 24.4. The number of halogens is 1. The molecule has 0 spiro atoms. The number of methoxy groups -OCH3 is 1. The quantitative estimate of drug-likeness (QED) is 0.652. The first-order valence-electron chi connectivity index (χ1n) is 8.20. The van der Waals surface area contributed by atoms with Crippen molar-refractivity contribution < 1.29 is 18.7 Å². The zero-order chi connectivity index (χ0) is 20.1. The number of nitrogen functional groups attached to an aromatic ring is 1. The number of carbonyl (C=O) groups is 1. The SMILES string of the molecule is COc1ccc(N(C)C(=O)Nc2cc(Oc3ccc(N)cc3F)ncn2)cc1. The average Bonchev–Trinajstić information content (AvgIpc) is 2.70. The molecule has 0 saturated heterocycles. The van der Waals surface area contributed by atoms with Crippen LogP contribution in [-0.2, 0) is 0 Å². The molecule has 0 fully saturated rings. The van der Waals surface area contributed by atoms with E-state index in [9.17, 15) is 9.18 Å². The van der Waals surface area contributed by atoms with Crippen molar-refractivity contribution in [3.63, 3.8) is 0 Å². The van der Waals surface area contributed by atoms with Crippen molar-refractivity contribution >= 4 is 23.2 Å². The minimum Gasteiger partial charge on any atom is -0.497 e. The fourth-order valence-corrected chi connectivity index (χ4v) is 2.29. The monoisotopic (exact) mass is 383 g/mol. The number of nitrogens with one attached hydrogen (secondary N) is 1. The van der Waals surface area contributed by atoms with Crippen LogP contribution in [0.3, 0.4) is 0 Å². The number of hydrogen-bond donors (Lipinski definition) is 2. The summed E-state index contributed by atoms with van der Waals surface area (Å²) in [6.07, 6.45) is 1.20. The Balaban J connectivity index is 1.70. The smallest absolute Gasteiger partial charge is 0.327 e. The van der Waals surface area contributed by atoms with Gasteiger partial charge in [0.2, 0.25) is 5.88 Å². The van der Waals surface area contributed by atoms with E-state index in [1.165, 1.54) is 29.4 Å². The lowest BCUT2D eigenvalue weighted by Gasteiger charge is -2.18. The number of anilines is 3. The second-order valence-corrected chi connectivity index (χ2v) is 5.72. The third-order valence-corrected chi connectivity index (χ3v) is 3.81. The molecule has 9 heteroatoms. The van der Waals surface area contributed by atoms with Crippen LogP contribution in [0.2, 0.25) is 0 Å². The van der Waals surface area contributed by atoms with Gasteiger partial charge in [-0.1, -0.05) is 0 Å². The topological polar surface area (TPSA) is 103 Å². The summed E-state index contributed by atoms with van der Waals surface area (Å²) in [6, 6.07) is 12.0. The van der Waals surface area contributed by atoms with Crippen LogP contribution in [0.1, 0.15) is 0 Å². The third-order valence-electron chi connectivity index (χ3n) is 3.81. The predicted octanol–water partition coefficient (Wildman–Crippen LogP) is 3.67. The molecule has 0 bridgehead atoms. The van der Waals surface area contributed by atoms with Crippen LogP contribution < -0.4 is 25.4 Å². The number of aromatic nitrogens is 2. The van der Waals surface area contributed by atoms with Gasteiger partial charge >= 0.3 is 6.03 Å². The van der Waals surface area contributed by atoms with Crippen molar-refractivity contribution in [2.75, 3.05) is 30.1 Å². The number of ether oxygens (including phenoxy) is 2. The molecule has 3 rings (SSSR count). The highest BCUT2D eigenvalue weighted by Crippen LogP contribution is 2.25. The standard InChI is InChI=1S/C19H18FN5O3/c1-25(13-4-6-14(27-2)7-5-13)19(26)24-17-10-18(23-11-22-17)28-16-8-3-12(21)9-15(16)20/h3-11H,21H2,1-2H3,(H,22,23,24,26). The van der Waals surface area contributed by atoms with E-state index in [0.717, 1.165) is 6.07 Å². The summed E-state index contributed by atoms with van der Waals surface area (Å²) in [5.41, 5.74) is 6.45. The number of rotatable bonds is 5. The summed E-state index contributed by atoms with van der Waals surface area (Å²) in [6.45, 7) is 0. The Labute approximate surface area is 160 Å². The van der Waals surface area contributed by atoms with Gasteiger partial charge in [-0.2, -0.15) is 0 Å². The van der Waals surface area contributed by atoms with Crippen molar-refractivity contribution in [2.24, 2.45) is 0 Å². The van der Waals surface area contributed by atoms with Gasteiger partial charge in [0, 0.05) is 30.6 Å². The lowest BCUT2D eigenvalue weighted by molar-refractivity contribution is 0.258. The Morgan fingerprint density at radius 2 is 1.89 bits per heavy atom. The van der Waals surface area contributed by atoms with E-state index in [0.29, 0.717) is 11.4 Å². The number of carbonyl (C=O) groups excluding carboxylic acids is 1. The summed E-state index contributed by atoms with van der Waals surface area (Å²) in [7, 11) is 3.18. The number of nitrogens with two attached hydrogens (primary N) is 1. The second kappa shape index (κ2) is 8.21. The molecule has 0 saturated carbocycles. The first-order valence-corrected chi connectivity index (χ1v) is 8.20. The van der Waals surface area contributed by atoms with Crippen LogP contribution >= 0.6 is 0 Å². The molecule has 28 heavy (non-hydrogen) atoms. The molecule has 1 heterocycles. The fraction of sp³-hybridized carbons (Fsp3) is 0.105. The average molecular weight is 383 g/mol. The Morgan fingerprint density at radius 1 is 1.14 bits per heavy atom. The van der Waals surface area contributed by atoms with Crippen molar-refractivity contribution in [1.29, 1.82) is 0 Å². The van der Waals surface area contributed by atoms with Gasteiger partial charge in [0.05, 0.1) is 7.11 Å². The molecule has 144 valence electrons. The lowest BCUT2D eigenvalue weighted by atomic mass is 10.3. The van der Waals surface area contributed by atoms with Crippen LogP contribution in [0.15, 0.2) is 54.9 Å². The van der Waals surface area contributed by atoms with Crippen molar-refractivity contribution in [3.05, 3.63) is 60.7 Å². The fourth-order valence-electron chi connectivity index (χ4n) is 2.29. The number of hydrogen-bond acceptors (Lipinski definition) is 6. The van der Waals surface area contributed by atoms with Crippen LogP contribution in [0.4, 0.5) is 26.4 Å². The summed E-state index contributed by atoms with van der Waals surface area (Å²) in [4.78, 5) is 21.7. The van der Waals surface area contributed by atoms with Gasteiger partial charge in [0.1, 0.15) is 17.9 Å². The Hall–Kier alpha value is -3.88. The highest BCUT2D eigenvalue weighted by Gasteiger charge is 2.13. The van der Waals surface area contributed by atoms with Gasteiger partial charge in [0.15, 0.2) is 11.6 Å². The molecule has 0 aliphatic heterocycles. The van der Waals surface area contributed by atoms with Crippen molar-refractivity contribution in [3.8, 4) is 17.4 Å². The minimum absolute atomic E-state index is 0.0412. The van der Waals surface area contributed by atoms with Crippen LogP contribution in [0.25, 0.3) is 0 Å². The molecule has 0 aliphatic rings. The van der Waals surface area contributed by atoms with E-state index in [1.807, 2.05) is 0 Å². The maximum atomic E-state index is 13.9. The van der Waals surface area contributed by atoms with Gasteiger partial charge < -0.3 is 15.2 Å². The molecule has 0 radical (unpaired) electrons. The first-order chi connectivity index (χ1) is 13.5. The van der Waals surface area contributed by atoms with E-state index in [-0.39, 0.29) is 23.1 Å². The number of amides is 2. The van der Waals surface area contributed by atoms with Crippen LogP contribution in [0, 0.1) is 5.82 Å². The van der Waals surface area contributed by atoms with Gasteiger partial charge in [-0.3, -0.25) is 10.2 Å². The maximum absolute atomic E-state index is 13.9. The Kier molecular flexibility index (Phi) is 5.54. The first kappa shape index (κ1) is 18.9. The zero-order valence-corrected chi connectivity index (χ0v) is 15.2. The second-order valence-electron chi connectivity index (χ2n) is 5.72. The van der Waals surface area contributed by atoms with E-state index >= 15 is 0 Å². The highest BCUT2D eigenvalue weighted by atomic mass is 19.1. The van der Waals surface area contributed by atoms with E-state index in [4.69, 9.17) is 15.2 Å². The van der Waals surface area contributed by atoms with E-state index in [1.54, 1.807) is 38.4 Å². The Morgan fingerprint density at radius 3 is 2.57 bits per heavy atom. The molecule has 0 unspecified atom stereocenters. The highest BCUT2D eigenvalue weighted by molar-refractivity contribution is 6.00. The van der Waals surface area contributed by atoms with Crippen LogP contribution in [0.5, 0.6) is 17.4 Å². The molecule has 8 nitrogen and oxygen atoms in total. The van der Waals surface area contributed by atoms with Gasteiger partial charge in [-0.05, 0) is 36.4 Å². The third kappa shape index (κ3) is 4.44. The summed E-state index contributed by atoms with van der Waals surface area (Å²) >= 11 is 0. The maximum Gasteiger partial charge on any atom is 0.327 e. The number of nitrogens with zero attached hydrogens (tertiary/aromatic N) is 3. The minimum atomic E-state index is -0.622. The van der Waals surface area contributed by atoms with Crippen LogP contribution in [-0.4, -0.2) is 30.2 Å². The Bertz CT molecular complexity index is 982. The lowest BCUT2D eigenvalue weighted by Crippen LogP contribution is -2.31. The largest absolute Gasteiger partial charge is 0.497 e. The zero-order valence-electron chi connectivity index (χ0n) is 15.2. The molecule has 1 aromatic heterocycles. The molecular formula is C19H18FN5O3. The van der Waals surface area contributed by atoms with Crippen molar-refractivity contribution in [1.82, 2.24) is 9.97 Å². The van der Waals surface area contributed by atoms with Gasteiger partial charge in [-0.25, -0.2) is 19.2 Å². The predicted molar refractivity (Wildman–Crippen MR) is 103 cm³/mol. The van der Waals surface area contributed by atoms with Crippen molar-refractivity contribution in [2.45, 2.75) is 0 Å². The molecule has 2 amide bonds. The summed E-state index contributed by atoms with van der Waals surface area (Å²) in [5, 5.41) is 2.63. The molecular weight excluding hydrogens is 365 g/mol. The molecule has 0 aliphatic carbocycles. The number of urea groups is 1. The molecule has 3 N–H and O–H groups in total. The molecule has 0 atom stereocenters. The number of benzene rings is 2. The van der Waals surface area contributed by atoms with E-state index < -0.39 is 11.8 Å². The summed E-state index contributed by atoms with van der Waals surface area (Å²) in [5.74, 6) is 0.293. The van der Waals surface area contributed by atoms with E-state index in [2.05, 4.69) is 15.3 Å². The van der Waals surface area contributed by atoms with Gasteiger partial charge in [-0.15, -0.1) is 0 Å².